The lowest BCUT2D eigenvalue weighted by Crippen LogP contribution is -2.17. The van der Waals surface area contributed by atoms with E-state index in [-0.39, 0.29) is 5.91 Å². The van der Waals surface area contributed by atoms with Gasteiger partial charge in [0, 0.05) is 29.7 Å². The second-order valence-corrected chi connectivity index (χ2v) is 4.66. The molecule has 2 aromatic carbocycles. The molecule has 2 aromatic rings. The number of hydrogen-bond acceptors (Lipinski definition) is 2. The first-order chi connectivity index (χ1) is 9.79. The van der Waals surface area contributed by atoms with E-state index in [4.69, 9.17) is 0 Å². The van der Waals surface area contributed by atoms with Crippen molar-refractivity contribution in [3.63, 3.8) is 0 Å². The summed E-state index contributed by atoms with van der Waals surface area (Å²) in [4.78, 5) is 14.2. The number of rotatable bonds is 3. The Morgan fingerprint density at radius 3 is 2.50 bits per heavy atom. The number of nitrogens with zero attached hydrogens (tertiary/aromatic N) is 1. The first kappa shape index (κ1) is 12.5. The summed E-state index contributed by atoms with van der Waals surface area (Å²) in [5.74, 6) is -0.0411. The number of anilines is 2. The highest BCUT2D eigenvalue weighted by Gasteiger charge is 2.24. The average Bonchev–Trinajstić information content (AvgIpc) is 2.81. The van der Waals surface area contributed by atoms with Crippen molar-refractivity contribution in [3.8, 4) is 0 Å². The van der Waals surface area contributed by atoms with Gasteiger partial charge >= 0.3 is 0 Å². The molecule has 0 aromatic heterocycles. The van der Waals surface area contributed by atoms with Crippen molar-refractivity contribution in [1.82, 2.24) is 0 Å². The zero-order valence-corrected chi connectivity index (χ0v) is 11.3. The molecule has 1 amide bonds. The molecule has 100 valence electrons. The summed E-state index contributed by atoms with van der Waals surface area (Å²) in [6.45, 7) is 2.88. The Bertz CT molecular complexity index is 662. The van der Waals surface area contributed by atoms with Gasteiger partial charge in [-0.3, -0.25) is 4.79 Å². The van der Waals surface area contributed by atoms with Gasteiger partial charge in [0.2, 0.25) is 0 Å². The lowest BCUT2D eigenvalue weighted by atomic mass is 10.1. The second kappa shape index (κ2) is 5.21. The molecule has 1 N–H and O–H groups in total. The Morgan fingerprint density at radius 1 is 1.05 bits per heavy atom. The van der Waals surface area contributed by atoms with Gasteiger partial charge in [-0.25, -0.2) is 0 Å². The fourth-order valence-electron chi connectivity index (χ4n) is 2.39. The van der Waals surface area contributed by atoms with Crippen LogP contribution >= 0.6 is 0 Å². The van der Waals surface area contributed by atoms with Crippen LogP contribution in [0.15, 0.2) is 60.8 Å². The number of carbonyl (C=O) groups is 1. The molecular weight excluding hydrogens is 248 g/mol. The van der Waals surface area contributed by atoms with E-state index >= 15 is 0 Å². The molecule has 0 fully saturated rings. The summed E-state index contributed by atoms with van der Waals surface area (Å²) in [6, 6.07) is 17.8. The van der Waals surface area contributed by atoms with Crippen LogP contribution in [0.4, 0.5) is 11.4 Å². The molecule has 0 saturated carbocycles. The van der Waals surface area contributed by atoms with E-state index in [1.54, 1.807) is 0 Å². The molecule has 3 nitrogen and oxygen atoms in total. The molecular formula is C17H16N2O. The van der Waals surface area contributed by atoms with Crippen molar-refractivity contribution < 1.29 is 4.79 Å². The minimum Gasteiger partial charge on any atom is -0.347 e. The Hall–Kier alpha value is -2.55. The predicted molar refractivity (Wildman–Crippen MR) is 82.5 cm³/mol. The van der Waals surface area contributed by atoms with Gasteiger partial charge in [-0.05, 0) is 25.1 Å². The van der Waals surface area contributed by atoms with Crippen molar-refractivity contribution in [2.24, 2.45) is 0 Å². The lowest BCUT2D eigenvalue weighted by molar-refractivity contribution is -0.110. The molecule has 3 heteroatoms. The van der Waals surface area contributed by atoms with Crippen molar-refractivity contribution in [2.45, 2.75) is 6.92 Å². The van der Waals surface area contributed by atoms with Crippen LogP contribution in [0.3, 0.4) is 0 Å². The summed E-state index contributed by atoms with van der Waals surface area (Å²) in [7, 11) is 0. The van der Waals surface area contributed by atoms with Gasteiger partial charge in [0.15, 0.2) is 0 Å². The molecule has 1 heterocycles. The Labute approximate surface area is 118 Å². The maximum Gasteiger partial charge on any atom is 0.257 e. The van der Waals surface area contributed by atoms with Crippen LogP contribution in [0.5, 0.6) is 0 Å². The van der Waals surface area contributed by atoms with E-state index in [0.717, 1.165) is 23.5 Å². The second-order valence-electron chi connectivity index (χ2n) is 4.66. The van der Waals surface area contributed by atoms with Gasteiger partial charge in [-0.15, -0.1) is 0 Å². The van der Waals surface area contributed by atoms with Crippen molar-refractivity contribution in [3.05, 3.63) is 66.4 Å². The van der Waals surface area contributed by atoms with Crippen LogP contribution in [-0.4, -0.2) is 12.5 Å². The van der Waals surface area contributed by atoms with E-state index in [1.807, 2.05) is 60.8 Å². The van der Waals surface area contributed by atoms with E-state index in [1.165, 1.54) is 0 Å². The third-order valence-electron chi connectivity index (χ3n) is 3.42. The fraction of sp³-hybridized carbons (Fsp3) is 0.118. The zero-order valence-electron chi connectivity index (χ0n) is 11.3. The summed E-state index contributed by atoms with van der Waals surface area (Å²) in [5, 5.41) is 2.89. The standard InChI is InChI=1S/C17H16N2O/c1-2-19(13-8-4-3-5-9-13)12-15-14-10-6-7-11-16(14)18-17(15)20/h3-12H,2H2,1H3,(H,18,20). The van der Waals surface area contributed by atoms with Gasteiger partial charge in [0.25, 0.3) is 5.91 Å². The highest BCUT2D eigenvalue weighted by atomic mass is 16.2. The third-order valence-corrected chi connectivity index (χ3v) is 3.42. The molecule has 0 radical (unpaired) electrons. The van der Waals surface area contributed by atoms with Crippen molar-refractivity contribution in [1.29, 1.82) is 0 Å². The zero-order chi connectivity index (χ0) is 13.9. The molecule has 0 spiro atoms. The van der Waals surface area contributed by atoms with Gasteiger partial charge in [-0.1, -0.05) is 36.4 Å². The topological polar surface area (TPSA) is 32.3 Å². The van der Waals surface area contributed by atoms with Crippen LogP contribution < -0.4 is 10.2 Å². The van der Waals surface area contributed by atoms with E-state index in [0.29, 0.717) is 5.57 Å². The highest BCUT2D eigenvalue weighted by molar-refractivity contribution is 6.31. The van der Waals surface area contributed by atoms with Gasteiger partial charge in [-0.2, -0.15) is 0 Å². The van der Waals surface area contributed by atoms with Crippen LogP contribution in [0, 0.1) is 0 Å². The van der Waals surface area contributed by atoms with Gasteiger partial charge < -0.3 is 10.2 Å². The molecule has 0 aliphatic carbocycles. The molecule has 1 aliphatic heterocycles. The molecule has 20 heavy (non-hydrogen) atoms. The van der Waals surface area contributed by atoms with Crippen molar-refractivity contribution >= 4 is 22.9 Å². The largest absolute Gasteiger partial charge is 0.347 e. The normalized spacial score (nSPS) is 15.1. The summed E-state index contributed by atoms with van der Waals surface area (Å²) in [5.41, 5.74) is 3.64. The van der Waals surface area contributed by atoms with Crippen LogP contribution in [0.2, 0.25) is 0 Å². The third kappa shape index (κ3) is 2.18. The highest BCUT2D eigenvalue weighted by Crippen LogP contribution is 2.32. The minimum atomic E-state index is -0.0411. The first-order valence-electron chi connectivity index (χ1n) is 6.74. The Balaban J connectivity index is 2.01. The number of benzene rings is 2. The van der Waals surface area contributed by atoms with E-state index in [2.05, 4.69) is 17.1 Å². The number of para-hydroxylation sites is 2. The van der Waals surface area contributed by atoms with Gasteiger partial charge in [0.05, 0.1) is 5.57 Å². The Morgan fingerprint density at radius 2 is 1.75 bits per heavy atom. The number of amides is 1. The molecule has 0 unspecified atom stereocenters. The molecule has 0 bridgehead atoms. The van der Waals surface area contributed by atoms with E-state index < -0.39 is 0 Å². The SMILES string of the molecule is CCN(C=C1C(=O)Nc2ccccc21)c1ccccc1. The van der Waals surface area contributed by atoms with Crippen LogP contribution in [0.1, 0.15) is 12.5 Å². The number of nitrogens with one attached hydrogen (secondary N) is 1. The smallest absolute Gasteiger partial charge is 0.257 e. The number of hydrogen-bond donors (Lipinski definition) is 1. The summed E-state index contributed by atoms with van der Waals surface area (Å²) < 4.78 is 0. The predicted octanol–water partition coefficient (Wildman–Crippen LogP) is 3.51. The number of fused-ring (bicyclic) bond motifs is 1. The molecule has 0 saturated heterocycles. The monoisotopic (exact) mass is 264 g/mol. The first-order valence-corrected chi connectivity index (χ1v) is 6.74. The quantitative estimate of drug-likeness (QED) is 0.860. The summed E-state index contributed by atoms with van der Waals surface area (Å²) in [6.07, 6.45) is 1.93. The van der Waals surface area contributed by atoms with Crippen LogP contribution in [-0.2, 0) is 4.79 Å². The van der Waals surface area contributed by atoms with Crippen LogP contribution in [0.25, 0.3) is 5.57 Å². The number of carbonyl (C=O) groups excluding carboxylic acids is 1. The molecule has 1 aliphatic rings. The van der Waals surface area contributed by atoms with Crippen molar-refractivity contribution in [2.75, 3.05) is 16.8 Å². The van der Waals surface area contributed by atoms with Gasteiger partial charge in [0.1, 0.15) is 0 Å². The lowest BCUT2D eigenvalue weighted by Gasteiger charge is -2.19. The fourth-order valence-corrected chi connectivity index (χ4v) is 2.39. The minimum absolute atomic E-state index is 0.0411. The van der Waals surface area contributed by atoms with E-state index in [9.17, 15) is 4.79 Å². The molecule has 3 rings (SSSR count). The summed E-state index contributed by atoms with van der Waals surface area (Å²) >= 11 is 0. The maximum atomic E-state index is 12.1. The molecule has 0 atom stereocenters. The maximum absolute atomic E-state index is 12.1. The average molecular weight is 264 g/mol. The Kier molecular flexibility index (Phi) is 3.25.